The standard InChI is InChI=1S/C19H19N3O2/c1-14-17(9-6-10-18(14)24-2)19(23)21-16-11-20-22(13-16)12-15-7-4-3-5-8-15/h3-11,13H,12H2,1-2H3,(H,21,23). The molecular weight excluding hydrogens is 302 g/mol. The fraction of sp³-hybridized carbons (Fsp3) is 0.158. The molecular formula is C19H19N3O2. The lowest BCUT2D eigenvalue weighted by atomic mass is 10.1. The van der Waals surface area contributed by atoms with Gasteiger partial charge in [-0.2, -0.15) is 5.10 Å². The Bertz CT molecular complexity index is 841. The molecule has 3 aromatic rings. The number of methoxy groups -OCH3 is 1. The van der Waals surface area contributed by atoms with Crippen molar-refractivity contribution >= 4 is 11.6 Å². The van der Waals surface area contributed by atoms with Crippen molar-refractivity contribution in [3.05, 3.63) is 77.6 Å². The van der Waals surface area contributed by atoms with Crippen molar-refractivity contribution in [2.75, 3.05) is 12.4 Å². The van der Waals surface area contributed by atoms with Crippen LogP contribution >= 0.6 is 0 Å². The topological polar surface area (TPSA) is 56.1 Å². The van der Waals surface area contributed by atoms with Crippen LogP contribution in [0.25, 0.3) is 0 Å². The van der Waals surface area contributed by atoms with Gasteiger partial charge in [0.1, 0.15) is 5.75 Å². The summed E-state index contributed by atoms with van der Waals surface area (Å²) in [6.07, 6.45) is 3.47. The fourth-order valence-electron chi connectivity index (χ4n) is 2.57. The highest BCUT2D eigenvalue weighted by atomic mass is 16.5. The highest BCUT2D eigenvalue weighted by Crippen LogP contribution is 2.21. The molecule has 0 saturated carbocycles. The van der Waals surface area contributed by atoms with Crippen LogP contribution in [0.5, 0.6) is 5.75 Å². The molecule has 24 heavy (non-hydrogen) atoms. The summed E-state index contributed by atoms with van der Waals surface area (Å²) in [5.74, 6) is 0.521. The number of nitrogens with zero attached hydrogens (tertiary/aromatic N) is 2. The number of anilines is 1. The minimum atomic E-state index is -0.175. The number of aromatic nitrogens is 2. The summed E-state index contributed by atoms with van der Waals surface area (Å²) in [6.45, 7) is 2.53. The van der Waals surface area contributed by atoms with Crippen LogP contribution in [-0.2, 0) is 6.54 Å². The van der Waals surface area contributed by atoms with E-state index in [-0.39, 0.29) is 5.91 Å². The molecule has 5 nitrogen and oxygen atoms in total. The first-order valence-electron chi connectivity index (χ1n) is 7.68. The van der Waals surface area contributed by atoms with E-state index in [1.807, 2.05) is 49.5 Å². The average Bonchev–Trinajstić information content (AvgIpc) is 3.02. The molecule has 0 radical (unpaired) electrons. The summed E-state index contributed by atoms with van der Waals surface area (Å²) < 4.78 is 7.06. The number of carbonyl (C=O) groups excluding carboxylic acids is 1. The first kappa shape index (κ1) is 15.8. The Morgan fingerprint density at radius 2 is 1.96 bits per heavy atom. The predicted octanol–water partition coefficient (Wildman–Crippen LogP) is 3.50. The van der Waals surface area contributed by atoms with E-state index in [1.54, 1.807) is 30.1 Å². The van der Waals surface area contributed by atoms with E-state index in [9.17, 15) is 4.79 Å². The Morgan fingerprint density at radius 3 is 2.71 bits per heavy atom. The van der Waals surface area contributed by atoms with Crippen molar-refractivity contribution < 1.29 is 9.53 Å². The maximum Gasteiger partial charge on any atom is 0.256 e. The first-order valence-corrected chi connectivity index (χ1v) is 7.68. The Hall–Kier alpha value is -3.08. The van der Waals surface area contributed by atoms with Crippen LogP contribution in [0.2, 0.25) is 0 Å². The quantitative estimate of drug-likeness (QED) is 0.782. The summed E-state index contributed by atoms with van der Waals surface area (Å²) in [4.78, 5) is 12.5. The second-order valence-corrected chi connectivity index (χ2v) is 5.50. The largest absolute Gasteiger partial charge is 0.496 e. The zero-order valence-electron chi connectivity index (χ0n) is 13.7. The van der Waals surface area contributed by atoms with Gasteiger partial charge < -0.3 is 10.1 Å². The molecule has 1 heterocycles. The third kappa shape index (κ3) is 3.46. The number of hydrogen-bond acceptors (Lipinski definition) is 3. The van der Waals surface area contributed by atoms with Gasteiger partial charge >= 0.3 is 0 Å². The fourth-order valence-corrected chi connectivity index (χ4v) is 2.57. The molecule has 1 N–H and O–H groups in total. The molecule has 0 aliphatic heterocycles. The molecule has 1 aromatic heterocycles. The van der Waals surface area contributed by atoms with Crippen LogP contribution in [0.1, 0.15) is 21.5 Å². The molecule has 0 aliphatic rings. The monoisotopic (exact) mass is 321 g/mol. The van der Waals surface area contributed by atoms with Crippen LogP contribution in [0.15, 0.2) is 60.9 Å². The third-order valence-electron chi connectivity index (χ3n) is 3.83. The zero-order valence-corrected chi connectivity index (χ0v) is 13.7. The molecule has 0 aliphatic carbocycles. The number of benzene rings is 2. The van der Waals surface area contributed by atoms with Crippen molar-refractivity contribution in [3.63, 3.8) is 0 Å². The van der Waals surface area contributed by atoms with E-state index < -0.39 is 0 Å². The van der Waals surface area contributed by atoms with Crippen LogP contribution in [0.3, 0.4) is 0 Å². The maximum atomic E-state index is 12.5. The Balaban J connectivity index is 1.72. The molecule has 0 unspecified atom stereocenters. The van der Waals surface area contributed by atoms with Gasteiger partial charge in [-0.15, -0.1) is 0 Å². The molecule has 0 bridgehead atoms. The molecule has 0 fully saturated rings. The van der Waals surface area contributed by atoms with Crippen molar-refractivity contribution in [2.45, 2.75) is 13.5 Å². The van der Waals surface area contributed by atoms with Crippen LogP contribution in [0, 0.1) is 6.92 Å². The smallest absolute Gasteiger partial charge is 0.256 e. The number of ether oxygens (including phenoxy) is 1. The van der Waals surface area contributed by atoms with Gasteiger partial charge in [-0.25, -0.2) is 0 Å². The summed E-state index contributed by atoms with van der Waals surface area (Å²) in [7, 11) is 1.59. The van der Waals surface area contributed by atoms with E-state index in [2.05, 4.69) is 10.4 Å². The summed E-state index contributed by atoms with van der Waals surface area (Å²) in [6, 6.07) is 15.5. The SMILES string of the molecule is COc1cccc(C(=O)Nc2cnn(Cc3ccccc3)c2)c1C. The van der Waals surface area contributed by atoms with E-state index >= 15 is 0 Å². The van der Waals surface area contributed by atoms with Gasteiger partial charge in [0.2, 0.25) is 0 Å². The number of hydrogen-bond donors (Lipinski definition) is 1. The van der Waals surface area contributed by atoms with Crippen LogP contribution in [0.4, 0.5) is 5.69 Å². The highest BCUT2D eigenvalue weighted by molar-refractivity contribution is 6.05. The Kier molecular flexibility index (Phi) is 4.61. The van der Waals surface area contributed by atoms with Gasteiger partial charge in [0.25, 0.3) is 5.91 Å². The minimum Gasteiger partial charge on any atom is -0.496 e. The van der Waals surface area contributed by atoms with Gasteiger partial charge in [0.15, 0.2) is 0 Å². The molecule has 0 spiro atoms. The Morgan fingerprint density at radius 1 is 1.17 bits per heavy atom. The van der Waals surface area contributed by atoms with E-state index in [0.29, 0.717) is 23.5 Å². The zero-order chi connectivity index (χ0) is 16.9. The molecule has 3 rings (SSSR count). The number of carbonyl (C=O) groups is 1. The second kappa shape index (κ2) is 7.00. The van der Waals surface area contributed by atoms with Gasteiger partial charge in [-0.3, -0.25) is 9.48 Å². The van der Waals surface area contributed by atoms with Gasteiger partial charge in [-0.1, -0.05) is 36.4 Å². The summed E-state index contributed by atoms with van der Waals surface area (Å²) in [5, 5.41) is 7.17. The van der Waals surface area contributed by atoms with Gasteiger partial charge in [0, 0.05) is 17.3 Å². The number of nitrogens with one attached hydrogen (secondary N) is 1. The maximum absolute atomic E-state index is 12.5. The number of amides is 1. The molecule has 1 amide bonds. The second-order valence-electron chi connectivity index (χ2n) is 5.50. The average molecular weight is 321 g/mol. The van der Waals surface area contributed by atoms with Crippen LogP contribution < -0.4 is 10.1 Å². The van der Waals surface area contributed by atoms with Crippen molar-refractivity contribution in [1.29, 1.82) is 0 Å². The molecule has 122 valence electrons. The summed E-state index contributed by atoms with van der Waals surface area (Å²) in [5.41, 5.74) is 3.22. The molecule has 5 heteroatoms. The molecule has 0 saturated heterocycles. The highest BCUT2D eigenvalue weighted by Gasteiger charge is 2.13. The van der Waals surface area contributed by atoms with Crippen molar-refractivity contribution in [1.82, 2.24) is 9.78 Å². The Labute approximate surface area is 140 Å². The van der Waals surface area contributed by atoms with Crippen LogP contribution in [-0.4, -0.2) is 22.8 Å². The van der Waals surface area contributed by atoms with Gasteiger partial charge in [0.05, 0.1) is 25.5 Å². The van der Waals surface area contributed by atoms with E-state index in [4.69, 9.17) is 4.74 Å². The third-order valence-corrected chi connectivity index (χ3v) is 3.83. The molecule has 0 atom stereocenters. The minimum absolute atomic E-state index is 0.175. The lowest BCUT2D eigenvalue weighted by Gasteiger charge is -2.09. The lowest BCUT2D eigenvalue weighted by molar-refractivity contribution is 0.102. The summed E-state index contributed by atoms with van der Waals surface area (Å²) >= 11 is 0. The van der Waals surface area contributed by atoms with Crippen molar-refractivity contribution in [3.8, 4) is 5.75 Å². The first-order chi connectivity index (χ1) is 11.7. The van der Waals surface area contributed by atoms with E-state index in [0.717, 1.165) is 11.1 Å². The molecule has 2 aromatic carbocycles. The predicted molar refractivity (Wildman–Crippen MR) is 93.5 cm³/mol. The lowest BCUT2D eigenvalue weighted by Crippen LogP contribution is -2.13. The normalized spacial score (nSPS) is 10.4. The number of rotatable bonds is 5. The van der Waals surface area contributed by atoms with E-state index in [1.165, 1.54) is 0 Å². The van der Waals surface area contributed by atoms with Crippen molar-refractivity contribution in [2.24, 2.45) is 0 Å². The van der Waals surface area contributed by atoms with Gasteiger partial charge in [-0.05, 0) is 24.6 Å².